The van der Waals surface area contributed by atoms with Gasteiger partial charge in [0.05, 0.1) is 0 Å². The Morgan fingerprint density at radius 1 is 1.45 bits per heavy atom. The molecule has 1 aliphatic heterocycles. The van der Waals surface area contributed by atoms with Gasteiger partial charge in [0.25, 0.3) is 0 Å². The molecule has 0 radical (unpaired) electrons. The van der Waals surface area contributed by atoms with Gasteiger partial charge in [0.1, 0.15) is 0 Å². The quantitative estimate of drug-likeness (QED) is 0.652. The first-order valence-corrected chi connectivity index (χ1v) is 4.74. The van der Waals surface area contributed by atoms with Crippen molar-refractivity contribution in [3.05, 3.63) is 0 Å². The van der Waals surface area contributed by atoms with Crippen LogP contribution in [-0.4, -0.2) is 30.6 Å². The molecule has 1 aliphatic carbocycles. The molecule has 11 heavy (non-hydrogen) atoms. The summed E-state index contributed by atoms with van der Waals surface area (Å²) in [5.41, 5.74) is 6.46. The fraction of sp³-hybridized carbons (Fsp3) is 1.00. The summed E-state index contributed by atoms with van der Waals surface area (Å²) in [5, 5.41) is 0. The van der Waals surface area contributed by atoms with E-state index in [-0.39, 0.29) is 0 Å². The first-order valence-electron chi connectivity index (χ1n) is 4.74. The van der Waals surface area contributed by atoms with E-state index in [0.29, 0.717) is 6.04 Å². The molecule has 2 aliphatic rings. The van der Waals surface area contributed by atoms with E-state index < -0.39 is 0 Å². The Labute approximate surface area is 68.7 Å². The van der Waals surface area contributed by atoms with Crippen molar-refractivity contribution in [2.24, 2.45) is 11.1 Å². The lowest BCUT2D eigenvalue weighted by Crippen LogP contribution is -2.55. The third-order valence-corrected chi connectivity index (χ3v) is 3.29. The number of hydrogen-bond acceptors (Lipinski definition) is 2. The van der Waals surface area contributed by atoms with Gasteiger partial charge >= 0.3 is 0 Å². The Bertz CT molecular complexity index is 140. The van der Waals surface area contributed by atoms with Gasteiger partial charge in [-0.2, -0.15) is 0 Å². The third kappa shape index (κ3) is 1.18. The van der Waals surface area contributed by atoms with Gasteiger partial charge in [-0.15, -0.1) is 0 Å². The van der Waals surface area contributed by atoms with Crippen molar-refractivity contribution in [3.8, 4) is 0 Å². The van der Waals surface area contributed by atoms with Gasteiger partial charge in [0, 0.05) is 25.7 Å². The first kappa shape index (κ1) is 7.56. The van der Waals surface area contributed by atoms with Gasteiger partial charge in [0.2, 0.25) is 0 Å². The zero-order chi connectivity index (χ0) is 7.90. The van der Waals surface area contributed by atoms with Crippen molar-refractivity contribution >= 4 is 0 Å². The zero-order valence-corrected chi connectivity index (χ0v) is 7.34. The minimum Gasteiger partial charge on any atom is -0.329 e. The van der Waals surface area contributed by atoms with E-state index in [9.17, 15) is 0 Å². The van der Waals surface area contributed by atoms with Gasteiger partial charge in [-0.1, -0.05) is 6.92 Å². The summed E-state index contributed by atoms with van der Waals surface area (Å²) in [7, 11) is 0. The second-order valence-electron chi connectivity index (χ2n) is 4.20. The highest BCUT2D eigenvalue weighted by Gasteiger charge is 2.53. The van der Waals surface area contributed by atoms with Crippen LogP contribution >= 0.6 is 0 Å². The molecule has 1 saturated heterocycles. The van der Waals surface area contributed by atoms with E-state index in [4.69, 9.17) is 5.73 Å². The average Bonchev–Trinajstić information content (AvgIpc) is 2.68. The predicted molar refractivity (Wildman–Crippen MR) is 46.4 cm³/mol. The molecule has 1 heterocycles. The summed E-state index contributed by atoms with van der Waals surface area (Å²) in [6.07, 6.45) is 4.17. The normalized spacial score (nSPS) is 30.0. The minimum absolute atomic E-state index is 0.668. The van der Waals surface area contributed by atoms with Crippen LogP contribution in [0.2, 0.25) is 0 Å². The molecule has 2 heteroatoms. The Balaban J connectivity index is 1.79. The predicted octanol–water partition coefficient (Wildman–Crippen LogP) is 0.819. The van der Waals surface area contributed by atoms with Gasteiger partial charge in [-0.3, -0.25) is 4.90 Å². The molecule has 0 bridgehead atoms. The van der Waals surface area contributed by atoms with E-state index in [1.807, 2.05) is 0 Å². The Hall–Kier alpha value is -0.0800. The second kappa shape index (κ2) is 2.46. The number of likely N-dealkylation sites (tertiary alicyclic amines) is 1. The molecule has 64 valence electrons. The number of hydrogen-bond donors (Lipinski definition) is 1. The molecule has 2 N–H and O–H groups in total. The van der Waals surface area contributed by atoms with Crippen molar-refractivity contribution in [1.82, 2.24) is 4.90 Å². The maximum Gasteiger partial charge on any atom is 0.0216 e. The largest absolute Gasteiger partial charge is 0.329 e. The summed E-state index contributed by atoms with van der Waals surface area (Å²) in [4.78, 5) is 2.55. The Kier molecular flexibility index (Phi) is 1.69. The summed E-state index contributed by atoms with van der Waals surface area (Å²) >= 11 is 0. The Morgan fingerprint density at radius 2 is 2.09 bits per heavy atom. The summed E-state index contributed by atoms with van der Waals surface area (Å²) in [6.45, 7) is 5.74. The lowest BCUT2D eigenvalue weighted by molar-refractivity contribution is 0.0380. The molecule has 0 aromatic heterocycles. The van der Waals surface area contributed by atoms with Crippen LogP contribution in [0.1, 0.15) is 26.2 Å². The standard InChI is InChI=1S/C9H18N2/c1-2-8(5-10)11-6-9(7-11)3-4-9/h8H,2-7,10H2,1H3. The highest BCUT2D eigenvalue weighted by atomic mass is 15.3. The lowest BCUT2D eigenvalue weighted by Gasteiger charge is -2.44. The van der Waals surface area contributed by atoms with Gasteiger partial charge in [0.15, 0.2) is 0 Å². The zero-order valence-electron chi connectivity index (χ0n) is 7.34. The van der Waals surface area contributed by atoms with Crippen molar-refractivity contribution < 1.29 is 0 Å². The molecule has 1 unspecified atom stereocenters. The molecule has 1 atom stereocenters. The van der Waals surface area contributed by atoms with Crippen molar-refractivity contribution in [2.75, 3.05) is 19.6 Å². The molecular formula is C9H18N2. The topological polar surface area (TPSA) is 29.3 Å². The molecule has 0 amide bonds. The minimum atomic E-state index is 0.668. The second-order valence-corrected chi connectivity index (χ2v) is 4.20. The maximum absolute atomic E-state index is 5.66. The molecule has 1 saturated carbocycles. The van der Waals surface area contributed by atoms with Gasteiger partial charge in [-0.05, 0) is 24.7 Å². The summed E-state index contributed by atoms with van der Waals surface area (Å²) in [6, 6.07) is 0.668. The third-order valence-electron chi connectivity index (χ3n) is 3.29. The highest BCUT2D eigenvalue weighted by molar-refractivity contribution is 5.06. The monoisotopic (exact) mass is 154 g/mol. The molecule has 0 aromatic rings. The average molecular weight is 154 g/mol. The Morgan fingerprint density at radius 3 is 2.45 bits per heavy atom. The molecule has 2 rings (SSSR count). The van der Waals surface area contributed by atoms with Crippen LogP contribution in [0.15, 0.2) is 0 Å². The lowest BCUT2D eigenvalue weighted by atomic mass is 9.94. The first-order chi connectivity index (χ1) is 5.29. The molecule has 0 aromatic carbocycles. The van der Waals surface area contributed by atoms with Crippen molar-refractivity contribution in [3.63, 3.8) is 0 Å². The van der Waals surface area contributed by atoms with E-state index in [1.165, 1.54) is 32.4 Å². The number of rotatable bonds is 3. The molecular weight excluding hydrogens is 136 g/mol. The summed E-state index contributed by atoms with van der Waals surface area (Å²) < 4.78 is 0. The van der Waals surface area contributed by atoms with Gasteiger partial charge < -0.3 is 5.73 Å². The smallest absolute Gasteiger partial charge is 0.0216 e. The van der Waals surface area contributed by atoms with Crippen LogP contribution in [0.5, 0.6) is 0 Å². The fourth-order valence-corrected chi connectivity index (χ4v) is 2.14. The highest BCUT2D eigenvalue weighted by Crippen LogP contribution is 2.53. The van der Waals surface area contributed by atoms with Crippen LogP contribution < -0.4 is 5.73 Å². The maximum atomic E-state index is 5.66. The van der Waals surface area contributed by atoms with Crippen LogP contribution in [0.25, 0.3) is 0 Å². The van der Waals surface area contributed by atoms with Crippen molar-refractivity contribution in [2.45, 2.75) is 32.2 Å². The van der Waals surface area contributed by atoms with Crippen molar-refractivity contribution in [1.29, 1.82) is 0 Å². The molecule has 2 fully saturated rings. The van der Waals surface area contributed by atoms with Crippen LogP contribution in [0.3, 0.4) is 0 Å². The van der Waals surface area contributed by atoms with E-state index in [2.05, 4.69) is 11.8 Å². The number of nitrogens with two attached hydrogens (primary N) is 1. The van der Waals surface area contributed by atoms with E-state index in [0.717, 1.165) is 12.0 Å². The van der Waals surface area contributed by atoms with E-state index in [1.54, 1.807) is 0 Å². The molecule has 1 spiro atoms. The SMILES string of the molecule is CCC(CN)N1CC2(CC2)C1. The van der Waals surface area contributed by atoms with Crippen LogP contribution in [0, 0.1) is 5.41 Å². The molecule has 2 nitrogen and oxygen atoms in total. The fourth-order valence-electron chi connectivity index (χ4n) is 2.14. The van der Waals surface area contributed by atoms with Gasteiger partial charge in [-0.25, -0.2) is 0 Å². The van der Waals surface area contributed by atoms with E-state index >= 15 is 0 Å². The van der Waals surface area contributed by atoms with Crippen LogP contribution in [-0.2, 0) is 0 Å². The number of nitrogens with zero attached hydrogens (tertiary/aromatic N) is 1. The summed E-state index contributed by atoms with van der Waals surface area (Å²) in [5.74, 6) is 0. The van der Waals surface area contributed by atoms with Crippen LogP contribution in [0.4, 0.5) is 0 Å².